The number of fused-ring (bicyclic) bond motifs is 1. The lowest BCUT2D eigenvalue weighted by atomic mass is 10.1. The Bertz CT molecular complexity index is 1460. The molecule has 0 unspecified atom stereocenters. The highest BCUT2D eigenvalue weighted by molar-refractivity contribution is 6.30. The lowest BCUT2D eigenvalue weighted by Crippen LogP contribution is -2.20. The van der Waals surface area contributed by atoms with Crippen LogP contribution in [0.2, 0.25) is 5.02 Å². The van der Waals surface area contributed by atoms with Gasteiger partial charge in [-0.3, -0.25) is 4.79 Å². The third-order valence-corrected chi connectivity index (χ3v) is 5.75. The summed E-state index contributed by atoms with van der Waals surface area (Å²) in [5, 5.41) is 13.1. The van der Waals surface area contributed by atoms with Crippen molar-refractivity contribution in [3.05, 3.63) is 82.1 Å². The number of ether oxygens (including phenoxy) is 2. The van der Waals surface area contributed by atoms with Gasteiger partial charge < -0.3 is 19.8 Å². The lowest BCUT2D eigenvalue weighted by molar-refractivity contribution is -0.118. The number of halogens is 1. The van der Waals surface area contributed by atoms with Crippen LogP contribution in [0.25, 0.3) is 22.7 Å². The molecule has 1 heterocycles. The van der Waals surface area contributed by atoms with Crippen molar-refractivity contribution in [2.75, 3.05) is 18.5 Å². The summed E-state index contributed by atoms with van der Waals surface area (Å²) < 4.78 is 11.4. The molecule has 0 atom stereocenters. The molecule has 0 saturated heterocycles. The fraction of sp³-hybridized carbons (Fsp3) is 0.179. The maximum Gasteiger partial charge on any atom is 0.262 e. The van der Waals surface area contributed by atoms with E-state index in [4.69, 9.17) is 21.1 Å². The van der Waals surface area contributed by atoms with Crippen molar-refractivity contribution in [1.29, 1.82) is 5.26 Å². The van der Waals surface area contributed by atoms with Gasteiger partial charge in [0.15, 0.2) is 18.1 Å². The van der Waals surface area contributed by atoms with Crippen molar-refractivity contribution in [3.8, 4) is 17.6 Å². The number of allylic oxidation sites excluding steroid dienone is 1. The van der Waals surface area contributed by atoms with Crippen molar-refractivity contribution in [3.63, 3.8) is 0 Å². The van der Waals surface area contributed by atoms with Crippen LogP contribution in [0.5, 0.6) is 11.5 Å². The molecule has 4 aromatic rings. The summed E-state index contributed by atoms with van der Waals surface area (Å²) in [5.74, 6) is 1.05. The Hall–Kier alpha value is -4.28. The van der Waals surface area contributed by atoms with E-state index in [9.17, 15) is 10.1 Å². The Morgan fingerprint density at radius 1 is 1.11 bits per heavy atom. The molecule has 1 amide bonds. The third kappa shape index (κ3) is 5.85. The number of aromatic nitrogens is 2. The summed E-state index contributed by atoms with van der Waals surface area (Å²) in [7, 11) is 0. The van der Waals surface area contributed by atoms with Gasteiger partial charge in [-0.05, 0) is 86.0 Å². The van der Waals surface area contributed by atoms with Gasteiger partial charge in [-0.25, -0.2) is 4.98 Å². The fourth-order valence-corrected chi connectivity index (χ4v) is 3.82. The van der Waals surface area contributed by atoms with E-state index in [0.29, 0.717) is 40.2 Å². The molecule has 0 aliphatic carbocycles. The van der Waals surface area contributed by atoms with E-state index in [0.717, 1.165) is 27.7 Å². The molecule has 0 aliphatic heterocycles. The summed E-state index contributed by atoms with van der Waals surface area (Å²) in [4.78, 5) is 20.1. The molecule has 0 radical (unpaired) electrons. The van der Waals surface area contributed by atoms with Gasteiger partial charge in [0.05, 0.1) is 23.2 Å². The van der Waals surface area contributed by atoms with Gasteiger partial charge in [0.2, 0.25) is 0 Å². The highest BCUT2D eigenvalue weighted by Crippen LogP contribution is 2.30. The zero-order valence-electron chi connectivity index (χ0n) is 20.2. The zero-order chi connectivity index (χ0) is 25.7. The Morgan fingerprint density at radius 2 is 1.92 bits per heavy atom. The number of aryl methyl sites for hydroxylation is 2. The molecule has 7 nitrogen and oxygen atoms in total. The van der Waals surface area contributed by atoms with Crippen LogP contribution >= 0.6 is 11.6 Å². The molecular weight excluding hydrogens is 476 g/mol. The number of carbonyl (C=O) groups is 1. The monoisotopic (exact) mass is 500 g/mol. The van der Waals surface area contributed by atoms with Crippen LogP contribution in [0.15, 0.2) is 54.6 Å². The standard InChI is InChI=1S/C28H25ClN4O3/c1-4-35-26-13-19(8-9-25(26)36-16-27(34)31-22-7-5-6-21(29)14-22)12-20(15-30)28-32-23-10-17(2)18(3)11-24(23)33-28/h5-14H,4,16H2,1-3H3,(H,31,34)(H,32,33)/b20-12+. The molecule has 2 N–H and O–H groups in total. The van der Waals surface area contributed by atoms with Crippen LogP contribution in [0.3, 0.4) is 0 Å². The van der Waals surface area contributed by atoms with Crippen molar-refractivity contribution in [2.24, 2.45) is 0 Å². The first-order chi connectivity index (χ1) is 17.4. The molecule has 0 bridgehead atoms. The minimum absolute atomic E-state index is 0.205. The highest BCUT2D eigenvalue weighted by Gasteiger charge is 2.12. The molecule has 3 aromatic carbocycles. The fourth-order valence-electron chi connectivity index (χ4n) is 3.63. The maximum atomic E-state index is 12.3. The average Bonchev–Trinajstić information content (AvgIpc) is 3.24. The van der Waals surface area contributed by atoms with E-state index < -0.39 is 0 Å². The molecule has 1 aromatic heterocycles. The number of nitriles is 1. The van der Waals surface area contributed by atoms with Gasteiger partial charge in [-0.2, -0.15) is 5.26 Å². The number of aromatic amines is 1. The van der Waals surface area contributed by atoms with Crippen molar-refractivity contribution in [1.82, 2.24) is 9.97 Å². The summed E-state index contributed by atoms with van der Waals surface area (Å²) in [6, 6.07) is 18.4. The van der Waals surface area contributed by atoms with Gasteiger partial charge in [0, 0.05) is 10.7 Å². The van der Waals surface area contributed by atoms with Gasteiger partial charge in [-0.1, -0.05) is 23.7 Å². The van der Waals surface area contributed by atoms with E-state index >= 15 is 0 Å². The van der Waals surface area contributed by atoms with Gasteiger partial charge in [-0.15, -0.1) is 0 Å². The number of amides is 1. The zero-order valence-corrected chi connectivity index (χ0v) is 20.9. The predicted octanol–water partition coefficient (Wildman–Crippen LogP) is 6.31. The van der Waals surface area contributed by atoms with Crippen LogP contribution in [0.1, 0.15) is 29.4 Å². The molecule has 0 saturated carbocycles. The van der Waals surface area contributed by atoms with Crippen LogP contribution in [0, 0.1) is 25.2 Å². The van der Waals surface area contributed by atoms with Gasteiger partial charge in [0.1, 0.15) is 11.9 Å². The second kappa shape index (κ2) is 11.0. The summed E-state index contributed by atoms with van der Waals surface area (Å²) in [5.41, 5.74) is 5.69. The number of H-pyrrole nitrogens is 1. The van der Waals surface area contributed by atoms with E-state index in [1.165, 1.54) is 0 Å². The molecule has 0 fully saturated rings. The minimum atomic E-state index is -0.328. The first kappa shape index (κ1) is 24.8. The molecular formula is C28H25ClN4O3. The van der Waals surface area contributed by atoms with Gasteiger partial charge >= 0.3 is 0 Å². The van der Waals surface area contributed by atoms with Crippen LogP contribution < -0.4 is 14.8 Å². The summed E-state index contributed by atoms with van der Waals surface area (Å²) in [6.45, 7) is 6.13. The third-order valence-electron chi connectivity index (χ3n) is 5.52. The van der Waals surface area contributed by atoms with Crippen LogP contribution in [0.4, 0.5) is 5.69 Å². The normalized spacial score (nSPS) is 11.2. The van der Waals surface area contributed by atoms with Crippen LogP contribution in [-0.4, -0.2) is 29.1 Å². The Kier molecular flexibility index (Phi) is 7.57. The number of imidazole rings is 1. The topological polar surface area (TPSA) is 100 Å². The SMILES string of the molecule is CCOc1cc(/C=C(\C#N)c2nc3cc(C)c(C)cc3[nH]2)ccc1OCC(=O)Nc1cccc(Cl)c1. The Balaban J connectivity index is 1.53. The molecule has 0 aliphatic rings. The Morgan fingerprint density at radius 3 is 2.67 bits per heavy atom. The average molecular weight is 501 g/mol. The number of hydrogen-bond acceptors (Lipinski definition) is 5. The second-order valence-corrected chi connectivity index (χ2v) is 8.63. The Labute approximate surface area is 214 Å². The summed E-state index contributed by atoms with van der Waals surface area (Å²) >= 11 is 5.96. The molecule has 182 valence electrons. The second-order valence-electron chi connectivity index (χ2n) is 8.20. The highest BCUT2D eigenvalue weighted by atomic mass is 35.5. The number of nitrogens with zero attached hydrogens (tertiary/aromatic N) is 2. The predicted molar refractivity (Wildman–Crippen MR) is 142 cm³/mol. The van der Waals surface area contributed by atoms with Crippen molar-refractivity contribution >= 4 is 45.9 Å². The quantitative estimate of drug-likeness (QED) is 0.276. The molecule has 36 heavy (non-hydrogen) atoms. The minimum Gasteiger partial charge on any atom is -0.490 e. The number of nitrogens with one attached hydrogen (secondary N) is 2. The maximum absolute atomic E-state index is 12.3. The number of anilines is 1. The van der Waals surface area contributed by atoms with E-state index in [1.807, 2.05) is 32.9 Å². The van der Waals surface area contributed by atoms with E-state index in [2.05, 4.69) is 21.4 Å². The molecule has 4 rings (SSSR count). The van der Waals surface area contributed by atoms with Gasteiger partial charge in [0.25, 0.3) is 5.91 Å². The van der Waals surface area contributed by atoms with Crippen molar-refractivity contribution in [2.45, 2.75) is 20.8 Å². The molecule has 0 spiro atoms. The number of carbonyl (C=O) groups excluding carboxylic acids is 1. The first-order valence-corrected chi connectivity index (χ1v) is 11.8. The number of hydrogen-bond donors (Lipinski definition) is 2. The summed E-state index contributed by atoms with van der Waals surface area (Å²) in [6.07, 6.45) is 1.73. The largest absolute Gasteiger partial charge is 0.490 e. The number of benzene rings is 3. The van der Waals surface area contributed by atoms with E-state index in [1.54, 1.807) is 48.5 Å². The first-order valence-electron chi connectivity index (χ1n) is 11.4. The number of rotatable bonds is 8. The van der Waals surface area contributed by atoms with Crippen LogP contribution in [-0.2, 0) is 4.79 Å². The molecule has 8 heteroatoms. The van der Waals surface area contributed by atoms with Crippen molar-refractivity contribution < 1.29 is 14.3 Å². The lowest BCUT2D eigenvalue weighted by Gasteiger charge is -2.13. The van der Waals surface area contributed by atoms with E-state index in [-0.39, 0.29) is 12.5 Å². The smallest absolute Gasteiger partial charge is 0.262 e.